The smallest absolute Gasteiger partial charge is 0.417 e. The van der Waals surface area contributed by atoms with Crippen molar-refractivity contribution in [1.82, 2.24) is 19.8 Å². The van der Waals surface area contributed by atoms with Crippen LogP contribution in [0.5, 0.6) is 11.5 Å². The van der Waals surface area contributed by atoms with E-state index in [0.717, 1.165) is 59.7 Å². The van der Waals surface area contributed by atoms with Gasteiger partial charge in [0.15, 0.2) is 0 Å². The number of carbonyl (C=O) groups excluding carboxylic acids is 1. The second kappa shape index (κ2) is 14.8. The molecule has 49 heavy (non-hydrogen) atoms. The van der Waals surface area contributed by atoms with E-state index in [4.69, 9.17) is 4.74 Å². The number of hydrogen-bond donors (Lipinski definition) is 2. The number of alkyl halides is 3. The maximum atomic E-state index is 14.0. The Kier molecular flexibility index (Phi) is 10.6. The number of halogens is 3. The highest BCUT2D eigenvalue weighted by Crippen LogP contribution is 2.35. The van der Waals surface area contributed by atoms with Gasteiger partial charge in [-0.3, -0.25) is 9.59 Å². The lowest BCUT2D eigenvalue weighted by Gasteiger charge is -2.19. The first-order valence-electron chi connectivity index (χ1n) is 16.1. The molecule has 0 radical (unpaired) electrons. The number of aryl methyl sites for hydroxylation is 2. The lowest BCUT2D eigenvalue weighted by atomic mass is 10.0. The molecule has 2 heterocycles. The molecule has 0 aliphatic heterocycles. The third-order valence-corrected chi connectivity index (χ3v) is 8.60. The molecule has 254 valence electrons. The second-order valence-corrected chi connectivity index (χ2v) is 11.9. The van der Waals surface area contributed by atoms with Crippen LogP contribution < -0.4 is 15.6 Å². The van der Waals surface area contributed by atoms with E-state index < -0.39 is 22.9 Å². The number of benzene rings is 3. The normalized spacial score (nSPS) is 11.6. The van der Waals surface area contributed by atoms with Gasteiger partial charge in [-0.05, 0) is 111 Å². The Morgan fingerprint density at radius 1 is 0.980 bits per heavy atom. The van der Waals surface area contributed by atoms with E-state index >= 15 is 0 Å². The van der Waals surface area contributed by atoms with E-state index in [1.54, 1.807) is 48.5 Å². The molecular weight excluding hydrogens is 631 g/mol. The molecule has 0 saturated heterocycles. The van der Waals surface area contributed by atoms with Gasteiger partial charge in [-0.15, -0.1) is 0 Å². The van der Waals surface area contributed by atoms with Crippen LogP contribution in [-0.2, 0) is 12.7 Å². The van der Waals surface area contributed by atoms with Gasteiger partial charge < -0.3 is 24.5 Å². The highest BCUT2D eigenvalue weighted by atomic mass is 19.4. The highest BCUT2D eigenvalue weighted by molar-refractivity contribution is 5.98. The zero-order chi connectivity index (χ0) is 35.3. The first-order valence-corrected chi connectivity index (χ1v) is 16.1. The molecule has 0 bridgehead atoms. The van der Waals surface area contributed by atoms with Crippen molar-refractivity contribution in [2.24, 2.45) is 0 Å². The molecule has 1 amide bonds. The Hall–Kier alpha value is -5.34. The van der Waals surface area contributed by atoms with Crippen LogP contribution in [0.2, 0.25) is 0 Å². The summed E-state index contributed by atoms with van der Waals surface area (Å²) in [6.07, 6.45) is -4.05. The summed E-state index contributed by atoms with van der Waals surface area (Å²) in [6, 6.07) is 21.4. The van der Waals surface area contributed by atoms with E-state index in [1.165, 1.54) is 10.6 Å². The molecule has 0 unspecified atom stereocenters. The zero-order valence-electron chi connectivity index (χ0n) is 27.9. The van der Waals surface area contributed by atoms with Crippen LogP contribution in [0.15, 0.2) is 77.6 Å². The number of ether oxygens (including phenoxy) is 1. The lowest BCUT2D eigenvalue weighted by Crippen LogP contribution is -2.30. The van der Waals surface area contributed by atoms with Crippen LogP contribution in [0.3, 0.4) is 0 Å². The summed E-state index contributed by atoms with van der Waals surface area (Å²) < 4.78 is 49.3. The fourth-order valence-corrected chi connectivity index (χ4v) is 5.83. The molecule has 0 aliphatic rings. The van der Waals surface area contributed by atoms with Crippen molar-refractivity contribution in [3.05, 3.63) is 117 Å². The minimum absolute atomic E-state index is 0.0155. The van der Waals surface area contributed by atoms with Crippen molar-refractivity contribution in [1.29, 1.82) is 5.26 Å². The standard InChI is InChI=1S/C38H38F3N5O3/c1-5-45(6-2)17-7-16-43-36(47)34-20-28-19-30(14-15-33(28)44-34)49-29-12-10-26(11-13-29)35-21-32(38(39,40)41)31(22-42)37(48)46(35)23-27-9-8-24(3)18-25(27)4/h8-15,18-21,44H,5-7,16-17,23H2,1-4H3,(H,43,47). The third-order valence-electron chi connectivity index (χ3n) is 8.60. The minimum Gasteiger partial charge on any atom is -0.457 e. The SMILES string of the molecule is CCN(CC)CCCNC(=O)c1cc2cc(Oc3ccc(-c4cc(C(F)(F)F)c(C#N)c(=O)n4Cc4ccc(C)cc4C)cc3)ccc2[nH]1. The quantitative estimate of drug-likeness (QED) is 0.132. The van der Waals surface area contributed by atoms with Crippen LogP contribution in [0.1, 0.15) is 58.6 Å². The molecule has 5 rings (SSSR count). The van der Waals surface area contributed by atoms with Gasteiger partial charge in [0.2, 0.25) is 0 Å². The number of H-pyrrole nitrogens is 1. The van der Waals surface area contributed by atoms with Crippen LogP contribution in [0.4, 0.5) is 13.2 Å². The molecule has 2 aromatic heterocycles. The number of hydrogen-bond acceptors (Lipinski definition) is 5. The van der Waals surface area contributed by atoms with Crippen LogP contribution in [0, 0.1) is 25.2 Å². The Labute approximate surface area is 282 Å². The van der Waals surface area contributed by atoms with Gasteiger partial charge in [-0.2, -0.15) is 18.4 Å². The van der Waals surface area contributed by atoms with E-state index in [1.807, 2.05) is 32.0 Å². The Morgan fingerprint density at radius 2 is 1.69 bits per heavy atom. The van der Waals surface area contributed by atoms with E-state index in [9.17, 15) is 28.0 Å². The Balaban J connectivity index is 1.38. The summed E-state index contributed by atoms with van der Waals surface area (Å²) in [5.41, 5.74) is 0.955. The van der Waals surface area contributed by atoms with E-state index in [-0.39, 0.29) is 18.1 Å². The summed E-state index contributed by atoms with van der Waals surface area (Å²) in [4.78, 5) is 31.6. The van der Waals surface area contributed by atoms with Gasteiger partial charge in [0, 0.05) is 17.4 Å². The van der Waals surface area contributed by atoms with Crippen molar-refractivity contribution in [2.75, 3.05) is 26.2 Å². The number of nitriles is 1. The average molecular weight is 670 g/mol. The molecule has 0 saturated carbocycles. The number of aromatic nitrogens is 2. The molecule has 0 fully saturated rings. The van der Waals surface area contributed by atoms with Gasteiger partial charge in [-0.1, -0.05) is 37.6 Å². The monoisotopic (exact) mass is 669 g/mol. The summed E-state index contributed by atoms with van der Waals surface area (Å²) in [5.74, 6) is 0.717. The van der Waals surface area contributed by atoms with Gasteiger partial charge in [0.05, 0.1) is 17.8 Å². The predicted molar refractivity (Wildman–Crippen MR) is 184 cm³/mol. The molecular formula is C38H38F3N5O3. The fourth-order valence-electron chi connectivity index (χ4n) is 5.83. The number of fused-ring (bicyclic) bond motifs is 1. The van der Waals surface area contributed by atoms with Gasteiger partial charge in [0.1, 0.15) is 28.8 Å². The molecule has 0 spiro atoms. The minimum atomic E-state index is -4.90. The molecule has 8 nitrogen and oxygen atoms in total. The number of aromatic amines is 1. The fraction of sp³-hybridized carbons (Fsp3) is 0.289. The number of nitrogens with zero attached hydrogens (tertiary/aromatic N) is 3. The molecule has 0 atom stereocenters. The topological polar surface area (TPSA) is 103 Å². The highest BCUT2D eigenvalue weighted by Gasteiger charge is 2.36. The van der Waals surface area contributed by atoms with Crippen LogP contribution in [-0.4, -0.2) is 46.5 Å². The van der Waals surface area contributed by atoms with E-state index in [2.05, 4.69) is 29.0 Å². The number of carbonyl (C=O) groups is 1. The molecule has 3 aromatic carbocycles. The number of nitrogens with one attached hydrogen (secondary N) is 2. The lowest BCUT2D eigenvalue weighted by molar-refractivity contribution is -0.137. The third kappa shape index (κ3) is 8.04. The number of pyridine rings is 1. The van der Waals surface area contributed by atoms with Crippen LogP contribution >= 0.6 is 0 Å². The summed E-state index contributed by atoms with van der Waals surface area (Å²) in [5, 5.41) is 13.3. The van der Waals surface area contributed by atoms with E-state index in [0.29, 0.717) is 29.3 Å². The van der Waals surface area contributed by atoms with Crippen LogP contribution in [0.25, 0.3) is 22.2 Å². The average Bonchev–Trinajstić information content (AvgIpc) is 3.50. The maximum Gasteiger partial charge on any atom is 0.417 e. The zero-order valence-corrected chi connectivity index (χ0v) is 27.9. The van der Waals surface area contributed by atoms with Crippen molar-refractivity contribution < 1.29 is 22.7 Å². The molecule has 5 aromatic rings. The molecule has 0 aliphatic carbocycles. The van der Waals surface area contributed by atoms with Gasteiger partial charge >= 0.3 is 6.18 Å². The summed E-state index contributed by atoms with van der Waals surface area (Å²) >= 11 is 0. The summed E-state index contributed by atoms with van der Waals surface area (Å²) in [7, 11) is 0. The van der Waals surface area contributed by atoms with Gasteiger partial charge in [0.25, 0.3) is 11.5 Å². The largest absolute Gasteiger partial charge is 0.457 e. The van der Waals surface area contributed by atoms with Crippen molar-refractivity contribution in [3.63, 3.8) is 0 Å². The number of amides is 1. The summed E-state index contributed by atoms with van der Waals surface area (Å²) in [6.45, 7) is 11.4. The first kappa shape index (κ1) is 35.0. The van der Waals surface area contributed by atoms with Crippen molar-refractivity contribution in [2.45, 2.75) is 46.8 Å². The Bertz CT molecular complexity index is 2070. The Morgan fingerprint density at radius 3 is 2.35 bits per heavy atom. The van der Waals surface area contributed by atoms with Gasteiger partial charge in [-0.25, -0.2) is 0 Å². The molecule has 2 N–H and O–H groups in total. The first-order chi connectivity index (χ1) is 23.4. The second-order valence-electron chi connectivity index (χ2n) is 11.9. The van der Waals surface area contributed by atoms with Crippen molar-refractivity contribution in [3.8, 4) is 28.8 Å². The maximum absolute atomic E-state index is 14.0. The van der Waals surface area contributed by atoms with Crippen molar-refractivity contribution >= 4 is 16.8 Å². The number of rotatable bonds is 12. The predicted octanol–water partition coefficient (Wildman–Crippen LogP) is 7.81. The molecule has 11 heteroatoms.